The van der Waals surface area contributed by atoms with Gasteiger partial charge in [0, 0.05) is 45.0 Å². The van der Waals surface area contributed by atoms with Crippen LogP contribution in [0.25, 0.3) is 0 Å². The average molecular weight is 380 g/mol. The van der Waals surface area contributed by atoms with Crippen LogP contribution in [0, 0.1) is 0 Å². The van der Waals surface area contributed by atoms with Crippen molar-refractivity contribution in [3.8, 4) is 0 Å². The third-order valence-electron chi connectivity index (χ3n) is 5.05. The summed E-state index contributed by atoms with van der Waals surface area (Å²) in [6.45, 7) is 10.4. The predicted molar refractivity (Wildman–Crippen MR) is 111 cm³/mol. The van der Waals surface area contributed by atoms with E-state index in [0.29, 0.717) is 37.6 Å². The summed E-state index contributed by atoms with van der Waals surface area (Å²) in [4.78, 5) is 32.0. The molecule has 1 saturated heterocycles. The van der Waals surface area contributed by atoms with Crippen molar-refractivity contribution < 1.29 is 9.59 Å². The summed E-state index contributed by atoms with van der Waals surface area (Å²) in [6, 6.07) is 11.9. The second-order valence-electron chi connectivity index (χ2n) is 8.18. The molecule has 1 aliphatic heterocycles. The largest absolute Gasteiger partial charge is 0.340 e. The van der Waals surface area contributed by atoms with Crippen molar-refractivity contribution in [2.75, 3.05) is 31.5 Å². The standard InChI is InChI=1S/C22H28N4O2/c1-16(27)25-11-13-26(14-12-25)21(28)17-5-10-20(23-15-17)24-19-8-6-18(7-9-19)22(2,3)4/h5-10,15H,11-14H2,1-4H3,(H,23,24). The molecule has 28 heavy (non-hydrogen) atoms. The molecule has 0 bridgehead atoms. The SMILES string of the molecule is CC(=O)N1CCN(C(=O)c2ccc(Nc3ccc(C(C)(C)C)cc3)nc2)CC1. The molecule has 6 heteroatoms. The number of benzene rings is 1. The number of carbonyl (C=O) groups excluding carboxylic acids is 2. The van der Waals surface area contributed by atoms with Gasteiger partial charge in [0.25, 0.3) is 5.91 Å². The van der Waals surface area contributed by atoms with Gasteiger partial charge in [-0.2, -0.15) is 0 Å². The van der Waals surface area contributed by atoms with Crippen LogP contribution >= 0.6 is 0 Å². The van der Waals surface area contributed by atoms with E-state index in [0.717, 1.165) is 5.69 Å². The van der Waals surface area contributed by atoms with Crippen molar-refractivity contribution >= 4 is 23.3 Å². The lowest BCUT2D eigenvalue weighted by Crippen LogP contribution is -2.50. The molecule has 0 unspecified atom stereocenters. The Morgan fingerprint density at radius 3 is 2.04 bits per heavy atom. The van der Waals surface area contributed by atoms with E-state index in [4.69, 9.17) is 0 Å². The van der Waals surface area contributed by atoms with Gasteiger partial charge in [0.15, 0.2) is 0 Å². The highest BCUT2D eigenvalue weighted by atomic mass is 16.2. The van der Waals surface area contributed by atoms with Crippen LogP contribution in [0.1, 0.15) is 43.6 Å². The Kier molecular flexibility index (Phi) is 5.68. The van der Waals surface area contributed by atoms with Crippen LogP contribution in [0.15, 0.2) is 42.6 Å². The lowest BCUT2D eigenvalue weighted by Gasteiger charge is -2.34. The van der Waals surface area contributed by atoms with Crippen molar-refractivity contribution in [3.05, 3.63) is 53.7 Å². The topological polar surface area (TPSA) is 65.5 Å². The Morgan fingerprint density at radius 1 is 0.929 bits per heavy atom. The van der Waals surface area contributed by atoms with E-state index in [1.54, 1.807) is 29.0 Å². The molecule has 148 valence electrons. The molecule has 1 aliphatic rings. The maximum Gasteiger partial charge on any atom is 0.255 e. The molecule has 1 N–H and O–H groups in total. The van der Waals surface area contributed by atoms with Crippen LogP contribution in [-0.2, 0) is 10.2 Å². The minimum atomic E-state index is -0.0446. The second kappa shape index (κ2) is 8.00. The molecule has 3 rings (SSSR count). The maximum atomic E-state index is 12.6. The van der Waals surface area contributed by atoms with Crippen molar-refractivity contribution in [2.24, 2.45) is 0 Å². The Labute approximate surface area is 166 Å². The highest BCUT2D eigenvalue weighted by Gasteiger charge is 2.23. The molecular weight excluding hydrogens is 352 g/mol. The van der Waals surface area contributed by atoms with Gasteiger partial charge in [0.1, 0.15) is 5.82 Å². The smallest absolute Gasteiger partial charge is 0.255 e. The zero-order valence-corrected chi connectivity index (χ0v) is 17.0. The first kappa shape index (κ1) is 19.9. The van der Waals surface area contributed by atoms with E-state index in [1.807, 2.05) is 18.2 Å². The Morgan fingerprint density at radius 2 is 1.54 bits per heavy atom. The Balaban J connectivity index is 1.60. The highest BCUT2D eigenvalue weighted by Crippen LogP contribution is 2.24. The number of anilines is 2. The third-order valence-corrected chi connectivity index (χ3v) is 5.05. The number of rotatable bonds is 3. The molecule has 0 saturated carbocycles. The number of hydrogen-bond donors (Lipinski definition) is 1. The van der Waals surface area contributed by atoms with Gasteiger partial charge < -0.3 is 15.1 Å². The summed E-state index contributed by atoms with van der Waals surface area (Å²) in [5, 5.41) is 3.27. The highest BCUT2D eigenvalue weighted by molar-refractivity contribution is 5.94. The molecule has 1 fully saturated rings. The number of piperazine rings is 1. The van der Waals surface area contributed by atoms with Gasteiger partial charge in [-0.05, 0) is 35.2 Å². The van der Waals surface area contributed by atoms with Gasteiger partial charge in [-0.25, -0.2) is 4.98 Å². The molecule has 0 radical (unpaired) electrons. The second-order valence-corrected chi connectivity index (χ2v) is 8.18. The minimum absolute atomic E-state index is 0.0446. The van der Waals surface area contributed by atoms with Crippen LogP contribution in [-0.4, -0.2) is 52.8 Å². The first-order chi connectivity index (χ1) is 13.2. The maximum absolute atomic E-state index is 12.6. The molecule has 2 amide bonds. The first-order valence-electron chi connectivity index (χ1n) is 9.62. The van der Waals surface area contributed by atoms with Gasteiger partial charge in [-0.1, -0.05) is 32.9 Å². The summed E-state index contributed by atoms with van der Waals surface area (Å²) in [6.07, 6.45) is 1.60. The van der Waals surface area contributed by atoms with Gasteiger partial charge in [0.2, 0.25) is 5.91 Å². The fourth-order valence-corrected chi connectivity index (χ4v) is 3.20. The molecule has 1 aromatic heterocycles. The zero-order valence-electron chi connectivity index (χ0n) is 17.0. The van der Waals surface area contributed by atoms with Gasteiger partial charge in [-0.15, -0.1) is 0 Å². The number of hydrogen-bond acceptors (Lipinski definition) is 4. The molecule has 0 aliphatic carbocycles. The van der Waals surface area contributed by atoms with Gasteiger partial charge in [0.05, 0.1) is 5.56 Å². The summed E-state index contributed by atoms with van der Waals surface area (Å²) in [5.74, 6) is 0.706. The number of amides is 2. The lowest BCUT2D eigenvalue weighted by molar-refractivity contribution is -0.130. The number of pyridine rings is 1. The lowest BCUT2D eigenvalue weighted by atomic mass is 9.87. The predicted octanol–water partition coefficient (Wildman–Crippen LogP) is 3.43. The summed E-state index contributed by atoms with van der Waals surface area (Å²) >= 11 is 0. The minimum Gasteiger partial charge on any atom is -0.340 e. The molecular formula is C22H28N4O2. The monoisotopic (exact) mass is 380 g/mol. The van der Waals surface area contributed by atoms with Crippen LogP contribution in [0.3, 0.4) is 0 Å². The van der Waals surface area contributed by atoms with E-state index in [-0.39, 0.29) is 17.2 Å². The Bertz CT molecular complexity index is 830. The molecule has 2 heterocycles. The number of aromatic nitrogens is 1. The fourth-order valence-electron chi connectivity index (χ4n) is 3.20. The number of nitrogens with zero attached hydrogens (tertiary/aromatic N) is 3. The van der Waals surface area contributed by atoms with Crippen molar-refractivity contribution in [3.63, 3.8) is 0 Å². The van der Waals surface area contributed by atoms with Crippen molar-refractivity contribution in [1.82, 2.24) is 14.8 Å². The zero-order chi connectivity index (χ0) is 20.3. The molecule has 0 atom stereocenters. The fraction of sp³-hybridized carbons (Fsp3) is 0.409. The number of carbonyl (C=O) groups is 2. The Hall–Kier alpha value is -2.89. The van der Waals surface area contributed by atoms with E-state index in [2.05, 4.69) is 43.2 Å². The van der Waals surface area contributed by atoms with Gasteiger partial charge >= 0.3 is 0 Å². The molecule has 0 spiro atoms. The summed E-state index contributed by atoms with van der Waals surface area (Å²) in [5.41, 5.74) is 2.91. The number of nitrogens with one attached hydrogen (secondary N) is 1. The van der Waals surface area contributed by atoms with Crippen molar-refractivity contribution in [1.29, 1.82) is 0 Å². The van der Waals surface area contributed by atoms with Crippen LogP contribution in [0.2, 0.25) is 0 Å². The van der Waals surface area contributed by atoms with Gasteiger partial charge in [-0.3, -0.25) is 9.59 Å². The van der Waals surface area contributed by atoms with Crippen LogP contribution in [0.4, 0.5) is 11.5 Å². The molecule has 1 aromatic carbocycles. The normalized spacial score (nSPS) is 14.7. The first-order valence-corrected chi connectivity index (χ1v) is 9.62. The van der Waals surface area contributed by atoms with E-state index >= 15 is 0 Å². The summed E-state index contributed by atoms with van der Waals surface area (Å²) < 4.78 is 0. The van der Waals surface area contributed by atoms with E-state index in [9.17, 15) is 9.59 Å². The van der Waals surface area contributed by atoms with E-state index in [1.165, 1.54) is 5.56 Å². The van der Waals surface area contributed by atoms with Crippen LogP contribution in [0.5, 0.6) is 0 Å². The quantitative estimate of drug-likeness (QED) is 0.886. The van der Waals surface area contributed by atoms with Crippen molar-refractivity contribution in [2.45, 2.75) is 33.1 Å². The average Bonchev–Trinajstić information content (AvgIpc) is 2.68. The third kappa shape index (κ3) is 4.68. The molecule has 6 nitrogen and oxygen atoms in total. The van der Waals surface area contributed by atoms with E-state index < -0.39 is 0 Å². The molecule has 2 aromatic rings. The summed E-state index contributed by atoms with van der Waals surface area (Å²) in [7, 11) is 0. The van der Waals surface area contributed by atoms with Crippen LogP contribution < -0.4 is 5.32 Å².